The number of benzene rings is 1. The van der Waals surface area contributed by atoms with Crippen LogP contribution >= 0.6 is 0 Å². The van der Waals surface area contributed by atoms with Gasteiger partial charge >= 0.3 is 11.8 Å². The molecule has 0 saturated heterocycles. The number of nitrogens with zero attached hydrogens (tertiary/aromatic N) is 1. The molecule has 0 aliphatic heterocycles. The van der Waals surface area contributed by atoms with Crippen LogP contribution in [-0.4, -0.2) is 37.8 Å². The number of H-pyrrole nitrogens is 1. The van der Waals surface area contributed by atoms with Crippen LogP contribution in [0.15, 0.2) is 46.2 Å². The van der Waals surface area contributed by atoms with Gasteiger partial charge in [0.1, 0.15) is 11.6 Å². The first-order valence-corrected chi connectivity index (χ1v) is 11.0. The van der Waals surface area contributed by atoms with Gasteiger partial charge in [-0.15, -0.1) is 0 Å². The summed E-state index contributed by atoms with van der Waals surface area (Å²) in [6.07, 6.45) is 1.00. The quantitative estimate of drug-likeness (QED) is 0.597. The lowest BCUT2D eigenvalue weighted by Gasteiger charge is -2.24. The summed E-state index contributed by atoms with van der Waals surface area (Å²) in [5, 5.41) is 2.55. The van der Waals surface area contributed by atoms with Gasteiger partial charge in [-0.25, -0.2) is 18.8 Å². The fourth-order valence-corrected chi connectivity index (χ4v) is 3.57. The van der Waals surface area contributed by atoms with E-state index in [0.29, 0.717) is 22.6 Å². The molecule has 0 aliphatic carbocycles. The molecule has 1 aromatic heterocycles. The number of amides is 2. The molecule has 0 saturated carbocycles. The zero-order valence-corrected chi connectivity index (χ0v) is 19.0. The normalized spacial score (nSPS) is 13.4. The standard InChI is InChI=1S/C21H28N4O5S/c1-13(2)11-17(24-20(28)30-21(3,4)5)18(26)25-31(29)15-8-6-7-14(12-15)16-9-10-22-19(27)23-16/h6-10,12-13,17H,11H2,1-5H3,(H,24,28)(H,25,26)(H,22,23,27)/t17-,31?/m0/s1. The van der Waals surface area contributed by atoms with Crippen molar-refractivity contribution in [3.8, 4) is 11.3 Å². The van der Waals surface area contributed by atoms with Crippen LogP contribution in [-0.2, 0) is 20.5 Å². The van der Waals surface area contributed by atoms with Crippen molar-refractivity contribution in [3.05, 3.63) is 47.0 Å². The Hall–Kier alpha value is -3.01. The van der Waals surface area contributed by atoms with Crippen molar-refractivity contribution in [2.24, 2.45) is 5.92 Å². The Balaban J connectivity index is 2.14. The fourth-order valence-electron chi connectivity index (χ4n) is 2.69. The second kappa shape index (κ2) is 10.3. The van der Waals surface area contributed by atoms with Crippen molar-refractivity contribution in [1.29, 1.82) is 0 Å². The predicted molar refractivity (Wildman–Crippen MR) is 117 cm³/mol. The maximum Gasteiger partial charge on any atom is 0.408 e. The molecule has 2 rings (SSSR count). The van der Waals surface area contributed by atoms with Crippen LogP contribution in [0, 0.1) is 5.92 Å². The van der Waals surface area contributed by atoms with Crippen LogP contribution in [0.5, 0.6) is 0 Å². The SMILES string of the molecule is CC(C)C[C@H](NC(=O)OC(C)(C)C)C(=O)NS(=O)c1cccc(-c2ccnc(=O)[nH]2)c1. The average Bonchev–Trinajstić information content (AvgIpc) is 2.65. The van der Waals surface area contributed by atoms with Crippen molar-refractivity contribution in [2.75, 3.05) is 0 Å². The number of hydrogen-bond donors (Lipinski definition) is 3. The van der Waals surface area contributed by atoms with E-state index >= 15 is 0 Å². The van der Waals surface area contributed by atoms with Crippen molar-refractivity contribution < 1.29 is 18.5 Å². The van der Waals surface area contributed by atoms with Gasteiger partial charge in [0.25, 0.3) is 5.91 Å². The van der Waals surface area contributed by atoms with E-state index in [1.165, 1.54) is 6.20 Å². The number of ether oxygens (including phenoxy) is 1. The molecule has 2 amide bonds. The van der Waals surface area contributed by atoms with Crippen LogP contribution in [0.2, 0.25) is 0 Å². The van der Waals surface area contributed by atoms with E-state index in [0.717, 1.165) is 0 Å². The number of carbonyl (C=O) groups excluding carboxylic acids is 2. The van der Waals surface area contributed by atoms with Gasteiger partial charge in [-0.3, -0.25) is 9.52 Å². The third-order valence-corrected chi connectivity index (χ3v) is 5.01. The molecule has 168 valence electrons. The monoisotopic (exact) mass is 448 g/mol. The Labute approximate surface area is 183 Å². The number of carbonyl (C=O) groups is 2. The lowest BCUT2D eigenvalue weighted by molar-refractivity contribution is -0.121. The Morgan fingerprint density at radius 3 is 2.55 bits per heavy atom. The van der Waals surface area contributed by atoms with Gasteiger partial charge in [0.05, 0.1) is 10.6 Å². The summed E-state index contributed by atoms with van der Waals surface area (Å²) in [6.45, 7) is 8.99. The minimum absolute atomic E-state index is 0.103. The van der Waals surface area contributed by atoms with Crippen molar-refractivity contribution in [1.82, 2.24) is 20.0 Å². The number of alkyl carbamates (subject to hydrolysis) is 1. The summed E-state index contributed by atoms with van der Waals surface area (Å²) in [7, 11) is -1.87. The van der Waals surface area contributed by atoms with E-state index in [2.05, 4.69) is 20.0 Å². The topological polar surface area (TPSA) is 130 Å². The van der Waals surface area contributed by atoms with E-state index in [9.17, 15) is 18.6 Å². The van der Waals surface area contributed by atoms with Gasteiger partial charge in [0.2, 0.25) is 0 Å². The lowest BCUT2D eigenvalue weighted by atomic mass is 10.0. The van der Waals surface area contributed by atoms with E-state index < -0.39 is 40.3 Å². The summed E-state index contributed by atoms with van der Waals surface area (Å²) in [6, 6.07) is 7.31. The lowest BCUT2D eigenvalue weighted by Crippen LogP contribution is -2.49. The average molecular weight is 449 g/mol. The molecule has 0 aliphatic rings. The van der Waals surface area contributed by atoms with Gasteiger partial charge in [-0.1, -0.05) is 26.0 Å². The summed E-state index contributed by atoms with van der Waals surface area (Å²) in [4.78, 5) is 42.8. The van der Waals surface area contributed by atoms with Crippen molar-refractivity contribution >= 4 is 23.0 Å². The maximum absolute atomic E-state index is 12.8. The van der Waals surface area contributed by atoms with Gasteiger partial charge < -0.3 is 15.0 Å². The second-order valence-electron chi connectivity index (χ2n) is 8.38. The van der Waals surface area contributed by atoms with Gasteiger partial charge in [0.15, 0.2) is 11.0 Å². The molecule has 1 heterocycles. The largest absolute Gasteiger partial charge is 0.444 e. The number of rotatable bonds is 7. The highest BCUT2D eigenvalue weighted by Gasteiger charge is 2.26. The third-order valence-electron chi connectivity index (χ3n) is 3.94. The summed E-state index contributed by atoms with van der Waals surface area (Å²) < 4.78 is 20.4. The number of hydrogen-bond acceptors (Lipinski definition) is 6. The zero-order valence-electron chi connectivity index (χ0n) is 18.2. The number of aromatic amines is 1. The Kier molecular flexibility index (Phi) is 8.09. The van der Waals surface area contributed by atoms with Crippen LogP contribution in [0.3, 0.4) is 0 Å². The van der Waals surface area contributed by atoms with E-state index in [1.807, 2.05) is 13.8 Å². The van der Waals surface area contributed by atoms with Crippen molar-refractivity contribution in [2.45, 2.75) is 57.6 Å². The van der Waals surface area contributed by atoms with Crippen LogP contribution < -0.4 is 15.7 Å². The predicted octanol–water partition coefficient (Wildman–Crippen LogP) is 2.52. The first kappa shape index (κ1) is 24.3. The molecule has 0 bridgehead atoms. The van der Waals surface area contributed by atoms with Crippen molar-refractivity contribution in [3.63, 3.8) is 0 Å². The highest BCUT2D eigenvalue weighted by atomic mass is 32.2. The van der Waals surface area contributed by atoms with Gasteiger partial charge in [-0.2, -0.15) is 0 Å². The smallest absolute Gasteiger partial charge is 0.408 e. The second-order valence-corrected chi connectivity index (χ2v) is 9.59. The zero-order chi connectivity index (χ0) is 23.2. The molecular formula is C21H28N4O5S. The molecule has 0 radical (unpaired) electrons. The molecule has 1 aromatic carbocycles. The maximum atomic E-state index is 12.8. The number of aromatic nitrogens is 2. The fraction of sp³-hybridized carbons (Fsp3) is 0.429. The van der Waals surface area contributed by atoms with E-state index in [-0.39, 0.29) is 5.92 Å². The van der Waals surface area contributed by atoms with E-state index in [1.54, 1.807) is 51.1 Å². The van der Waals surface area contributed by atoms with Gasteiger partial charge in [-0.05, 0) is 56.9 Å². The van der Waals surface area contributed by atoms with Crippen LogP contribution in [0.25, 0.3) is 11.3 Å². The molecule has 9 nitrogen and oxygen atoms in total. The highest BCUT2D eigenvalue weighted by molar-refractivity contribution is 7.83. The Morgan fingerprint density at radius 1 is 1.23 bits per heavy atom. The summed E-state index contributed by atoms with van der Waals surface area (Å²) >= 11 is 0. The highest BCUT2D eigenvalue weighted by Crippen LogP contribution is 2.18. The molecule has 2 atom stereocenters. The van der Waals surface area contributed by atoms with Crippen LogP contribution in [0.1, 0.15) is 41.0 Å². The van der Waals surface area contributed by atoms with Crippen LogP contribution in [0.4, 0.5) is 4.79 Å². The molecule has 0 spiro atoms. The Bertz CT molecular complexity index is 1010. The molecular weight excluding hydrogens is 420 g/mol. The minimum Gasteiger partial charge on any atom is -0.444 e. The molecule has 0 fully saturated rings. The first-order valence-electron chi connectivity index (χ1n) is 9.82. The molecule has 2 aromatic rings. The molecule has 1 unspecified atom stereocenters. The Morgan fingerprint density at radius 2 is 1.94 bits per heavy atom. The third kappa shape index (κ3) is 7.97. The molecule has 3 N–H and O–H groups in total. The first-order chi connectivity index (χ1) is 14.4. The minimum atomic E-state index is -1.87. The summed E-state index contributed by atoms with van der Waals surface area (Å²) in [5.41, 5.74) is -0.0816. The summed E-state index contributed by atoms with van der Waals surface area (Å²) in [5.74, 6) is -0.480. The molecule has 10 heteroatoms. The van der Waals surface area contributed by atoms with Gasteiger partial charge in [0, 0.05) is 6.20 Å². The van der Waals surface area contributed by atoms with E-state index in [4.69, 9.17) is 4.74 Å². The number of nitrogens with one attached hydrogen (secondary N) is 3. The molecule has 31 heavy (non-hydrogen) atoms.